The van der Waals surface area contributed by atoms with Crippen molar-refractivity contribution in [3.63, 3.8) is 0 Å². The molecule has 2 aliphatic rings. The highest BCUT2D eigenvalue weighted by Gasteiger charge is 2.25. The van der Waals surface area contributed by atoms with Crippen LogP contribution in [0, 0.1) is 0 Å². The molecular formula is C21H31N3O5S. The van der Waals surface area contributed by atoms with Gasteiger partial charge in [-0.25, -0.2) is 17.9 Å². The molecule has 0 aromatic heterocycles. The van der Waals surface area contributed by atoms with Crippen molar-refractivity contribution in [1.29, 1.82) is 0 Å². The maximum absolute atomic E-state index is 12.4. The van der Waals surface area contributed by atoms with E-state index in [4.69, 9.17) is 4.74 Å². The summed E-state index contributed by atoms with van der Waals surface area (Å²) in [4.78, 5) is 24.0. The van der Waals surface area contributed by atoms with Crippen LogP contribution in [-0.2, 0) is 14.8 Å². The smallest absolute Gasteiger partial charge is 0.324 e. The molecule has 0 bridgehead atoms. The summed E-state index contributed by atoms with van der Waals surface area (Å²) in [5.41, 5.74) is 0.874. The number of amides is 3. The lowest BCUT2D eigenvalue weighted by atomic mass is 10.1. The van der Waals surface area contributed by atoms with Crippen molar-refractivity contribution in [2.24, 2.45) is 0 Å². The fourth-order valence-corrected chi connectivity index (χ4v) is 5.26. The highest BCUT2D eigenvalue weighted by Crippen LogP contribution is 2.26. The minimum Gasteiger partial charge on any atom is -0.490 e. The van der Waals surface area contributed by atoms with Crippen LogP contribution in [-0.4, -0.2) is 50.2 Å². The molecule has 1 saturated carbocycles. The molecule has 0 radical (unpaired) electrons. The Hall–Kier alpha value is -2.13. The Morgan fingerprint density at radius 1 is 1.20 bits per heavy atom. The van der Waals surface area contributed by atoms with Gasteiger partial charge < -0.3 is 9.64 Å². The van der Waals surface area contributed by atoms with Crippen LogP contribution in [0.25, 0.3) is 0 Å². The molecule has 1 unspecified atom stereocenters. The monoisotopic (exact) mass is 437 g/mol. The van der Waals surface area contributed by atoms with Crippen molar-refractivity contribution in [3.8, 4) is 5.75 Å². The van der Waals surface area contributed by atoms with E-state index in [1.54, 1.807) is 0 Å². The van der Waals surface area contributed by atoms with Gasteiger partial charge in [0, 0.05) is 12.6 Å². The maximum Gasteiger partial charge on any atom is 0.324 e. The first-order valence-corrected chi connectivity index (χ1v) is 12.3. The lowest BCUT2D eigenvalue weighted by Gasteiger charge is -2.18. The van der Waals surface area contributed by atoms with E-state index in [9.17, 15) is 18.0 Å². The minimum atomic E-state index is -3.42. The highest BCUT2D eigenvalue weighted by molar-refractivity contribution is 7.89. The summed E-state index contributed by atoms with van der Waals surface area (Å²) in [6.07, 6.45) is 6.63. The number of unbranched alkanes of at least 4 members (excludes halogenated alkanes) is 2. The first-order chi connectivity index (χ1) is 14.3. The summed E-state index contributed by atoms with van der Waals surface area (Å²) >= 11 is 0. The number of imide groups is 1. The van der Waals surface area contributed by atoms with Crippen molar-refractivity contribution >= 4 is 22.0 Å². The Labute approximate surface area is 178 Å². The second kappa shape index (κ2) is 10.3. The summed E-state index contributed by atoms with van der Waals surface area (Å²) in [7, 11) is -3.42. The first kappa shape index (κ1) is 22.6. The van der Waals surface area contributed by atoms with Crippen molar-refractivity contribution < 1.29 is 22.7 Å². The normalized spacial score (nSPS) is 18.6. The van der Waals surface area contributed by atoms with Gasteiger partial charge in [0.1, 0.15) is 12.3 Å². The van der Waals surface area contributed by atoms with Crippen molar-refractivity contribution in [1.82, 2.24) is 14.9 Å². The quantitative estimate of drug-likeness (QED) is 0.409. The number of ether oxygens (including phenoxy) is 1. The van der Waals surface area contributed by atoms with Crippen LogP contribution in [0.3, 0.4) is 0 Å². The molecule has 9 heteroatoms. The van der Waals surface area contributed by atoms with Crippen LogP contribution in [0.5, 0.6) is 5.75 Å². The molecule has 1 atom stereocenters. The minimum absolute atomic E-state index is 0.0285. The molecule has 1 heterocycles. The van der Waals surface area contributed by atoms with E-state index in [1.165, 1.54) is 17.7 Å². The van der Waals surface area contributed by atoms with Gasteiger partial charge >= 0.3 is 6.03 Å². The molecule has 30 heavy (non-hydrogen) atoms. The molecule has 0 spiro atoms. The second-order valence-corrected chi connectivity index (χ2v) is 9.96. The average molecular weight is 438 g/mol. The van der Waals surface area contributed by atoms with Crippen molar-refractivity contribution in [3.05, 3.63) is 29.8 Å². The number of urea groups is 1. The van der Waals surface area contributed by atoms with E-state index in [0.717, 1.165) is 24.2 Å². The number of benzene rings is 1. The fraction of sp³-hybridized carbons (Fsp3) is 0.619. The topological polar surface area (TPSA) is 105 Å². The van der Waals surface area contributed by atoms with E-state index >= 15 is 0 Å². The molecule has 2 N–H and O–H groups in total. The lowest BCUT2D eigenvalue weighted by Crippen LogP contribution is -2.30. The van der Waals surface area contributed by atoms with Crippen molar-refractivity contribution in [2.75, 3.05) is 18.8 Å². The van der Waals surface area contributed by atoms with Crippen LogP contribution >= 0.6 is 0 Å². The van der Waals surface area contributed by atoms with Crippen LogP contribution < -0.4 is 14.8 Å². The van der Waals surface area contributed by atoms with E-state index in [2.05, 4.69) is 10.0 Å². The predicted octanol–water partition coefficient (Wildman–Crippen LogP) is 2.71. The Morgan fingerprint density at radius 2 is 1.97 bits per heavy atom. The standard InChI is InChI=1S/C21H31N3O5S/c1-16(17-8-7-11-19(14-17)29-18-9-3-4-10-18)23-30(27,28)13-6-2-5-12-24-15-20(25)22-21(24)26/h7-8,11,14,16,18,23H,2-6,9-10,12-13,15H2,1H3,(H,22,25,26). The molecule has 1 aliphatic heterocycles. The van der Waals surface area contributed by atoms with Gasteiger partial charge in [-0.2, -0.15) is 0 Å². The Morgan fingerprint density at radius 3 is 2.67 bits per heavy atom. The van der Waals surface area contributed by atoms with Crippen molar-refractivity contribution in [2.45, 2.75) is 64.0 Å². The average Bonchev–Trinajstić information content (AvgIpc) is 3.30. The third-order valence-electron chi connectivity index (χ3n) is 5.53. The van der Waals surface area contributed by atoms with Gasteiger partial charge in [-0.05, 0) is 63.1 Å². The number of carbonyl (C=O) groups excluding carboxylic acids is 2. The van der Waals surface area contributed by atoms with E-state index in [1.807, 2.05) is 31.2 Å². The molecule has 166 valence electrons. The van der Waals surface area contributed by atoms with E-state index < -0.39 is 10.0 Å². The number of nitrogens with zero attached hydrogens (tertiary/aromatic N) is 1. The molecular weight excluding hydrogens is 406 g/mol. The van der Waals surface area contributed by atoms with E-state index in [0.29, 0.717) is 25.8 Å². The van der Waals surface area contributed by atoms with Crippen LogP contribution in [0.2, 0.25) is 0 Å². The van der Waals surface area contributed by atoms with Gasteiger partial charge in [0.05, 0.1) is 11.9 Å². The Balaban J connectivity index is 1.40. The largest absolute Gasteiger partial charge is 0.490 e. The molecule has 2 fully saturated rings. The van der Waals surface area contributed by atoms with E-state index in [-0.39, 0.29) is 36.4 Å². The number of nitrogens with one attached hydrogen (secondary N) is 2. The number of hydrogen-bond acceptors (Lipinski definition) is 5. The molecule has 1 aromatic carbocycles. The summed E-state index contributed by atoms with van der Waals surface area (Å²) < 4.78 is 33.6. The van der Waals surface area contributed by atoms with Gasteiger partial charge in [0.2, 0.25) is 15.9 Å². The van der Waals surface area contributed by atoms with Crippen LogP contribution in [0.1, 0.15) is 63.5 Å². The van der Waals surface area contributed by atoms with Crippen LogP contribution in [0.4, 0.5) is 4.79 Å². The third-order valence-corrected chi connectivity index (χ3v) is 7.07. The molecule has 1 saturated heterocycles. The zero-order valence-corrected chi connectivity index (χ0v) is 18.2. The van der Waals surface area contributed by atoms with Gasteiger partial charge in [-0.1, -0.05) is 18.6 Å². The van der Waals surface area contributed by atoms with Gasteiger partial charge in [0.25, 0.3) is 0 Å². The molecule has 3 rings (SSSR count). The zero-order valence-electron chi connectivity index (χ0n) is 17.4. The number of carbonyl (C=O) groups is 2. The van der Waals surface area contributed by atoms with Gasteiger partial charge in [0.15, 0.2) is 0 Å². The Kier molecular flexibility index (Phi) is 7.71. The third kappa shape index (κ3) is 6.70. The van der Waals surface area contributed by atoms with Gasteiger partial charge in [-0.3, -0.25) is 10.1 Å². The predicted molar refractivity (Wildman–Crippen MR) is 114 cm³/mol. The number of hydrogen-bond donors (Lipinski definition) is 2. The highest BCUT2D eigenvalue weighted by atomic mass is 32.2. The molecule has 8 nitrogen and oxygen atoms in total. The van der Waals surface area contributed by atoms with Crippen LogP contribution in [0.15, 0.2) is 24.3 Å². The maximum atomic E-state index is 12.4. The van der Waals surface area contributed by atoms with Gasteiger partial charge in [-0.15, -0.1) is 0 Å². The lowest BCUT2D eigenvalue weighted by molar-refractivity contribution is -0.118. The zero-order chi connectivity index (χ0) is 21.6. The SMILES string of the molecule is CC(NS(=O)(=O)CCCCCN1CC(=O)NC1=O)c1cccc(OC2CCCC2)c1. The number of rotatable bonds is 11. The Bertz CT molecular complexity index is 852. The molecule has 1 aliphatic carbocycles. The molecule has 3 amide bonds. The second-order valence-electron chi connectivity index (χ2n) is 8.09. The fourth-order valence-electron chi connectivity index (χ4n) is 3.89. The number of sulfonamides is 1. The summed E-state index contributed by atoms with van der Waals surface area (Å²) in [6, 6.07) is 6.90. The first-order valence-electron chi connectivity index (χ1n) is 10.7. The summed E-state index contributed by atoms with van der Waals surface area (Å²) in [6.45, 7) is 2.37. The molecule has 1 aromatic rings. The summed E-state index contributed by atoms with van der Waals surface area (Å²) in [5, 5.41) is 2.23. The summed E-state index contributed by atoms with van der Waals surface area (Å²) in [5.74, 6) is 0.522.